The van der Waals surface area contributed by atoms with Crippen LogP contribution >= 0.6 is 0 Å². The Morgan fingerprint density at radius 3 is 2.64 bits per heavy atom. The fourth-order valence-corrected chi connectivity index (χ4v) is 0.880. The molecule has 7 nitrogen and oxygen atoms in total. The number of hydrogen-bond donors (Lipinski definition) is 2. The SMILES string of the molecule is O=C(O)OC(=O)CC1C=C(O)C(=O)O1. The van der Waals surface area contributed by atoms with E-state index in [1.807, 2.05) is 0 Å². The molecule has 1 rings (SSSR count). The summed E-state index contributed by atoms with van der Waals surface area (Å²) < 4.78 is 8.21. The Balaban J connectivity index is 2.44. The molecule has 1 aliphatic rings. The molecular weight excluding hydrogens is 196 g/mol. The molecule has 1 heterocycles. The standard InChI is InChI=1S/C7H6O7/c8-4-1-3(13-6(4)10)2-5(9)14-7(11)12/h1,3,8H,2H2,(H,11,12). The van der Waals surface area contributed by atoms with Crippen molar-refractivity contribution < 1.29 is 34.1 Å². The smallest absolute Gasteiger partial charge is 0.502 e. The molecular formula is C7H6O7. The largest absolute Gasteiger partial charge is 0.513 e. The van der Waals surface area contributed by atoms with Gasteiger partial charge >= 0.3 is 18.1 Å². The average molecular weight is 202 g/mol. The summed E-state index contributed by atoms with van der Waals surface area (Å²) in [4.78, 5) is 31.2. The molecule has 0 bridgehead atoms. The molecule has 0 fully saturated rings. The average Bonchev–Trinajstić information content (AvgIpc) is 2.28. The molecule has 0 saturated heterocycles. The van der Waals surface area contributed by atoms with Crippen molar-refractivity contribution in [1.82, 2.24) is 0 Å². The van der Waals surface area contributed by atoms with Gasteiger partial charge in [0.05, 0.1) is 6.42 Å². The fourth-order valence-electron chi connectivity index (χ4n) is 0.880. The first-order valence-corrected chi connectivity index (χ1v) is 3.54. The molecule has 2 N–H and O–H groups in total. The summed E-state index contributed by atoms with van der Waals surface area (Å²) in [6, 6.07) is 0. The normalized spacial score (nSPS) is 19.9. The lowest BCUT2D eigenvalue weighted by molar-refractivity contribution is -0.146. The van der Waals surface area contributed by atoms with Gasteiger partial charge in [-0.05, 0) is 0 Å². The third-order valence-electron chi connectivity index (χ3n) is 1.38. The lowest BCUT2D eigenvalue weighted by Gasteiger charge is -2.04. The molecule has 0 saturated carbocycles. The third-order valence-corrected chi connectivity index (χ3v) is 1.38. The van der Waals surface area contributed by atoms with Crippen LogP contribution in [0.5, 0.6) is 0 Å². The number of carbonyl (C=O) groups excluding carboxylic acids is 2. The van der Waals surface area contributed by atoms with Crippen molar-refractivity contribution in [3.63, 3.8) is 0 Å². The van der Waals surface area contributed by atoms with E-state index in [1.165, 1.54) is 0 Å². The molecule has 0 aliphatic carbocycles. The Labute approximate surface area is 77.5 Å². The van der Waals surface area contributed by atoms with Gasteiger partial charge in [0, 0.05) is 6.08 Å². The maximum Gasteiger partial charge on any atom is 0.513 e. The van der Waals surface area contributed by atoms with Crippen molar-refractivity contribution in [1.29, 1.82) is 0 Å². The van der Waals surface area contributed by atoms with Gasteiger partial charge in [-0.25, -0.2) is 9.59 Å². The van der Waals surface area contributed by atoms with Crippen LogP contribution < -0.4 is 0 Å². The van der Waals surface area contributed by atoms with Crippen LogP contribution in [0.4, 0.5) is 4.79 Å². The summed E-state index contributed by atoms with van der Waals surface area (Å²) in [5, 5.41) is 16.8. The lowest BCUT2D eigenvalue weighted by atomic mass is 10.2. The lowest BCUT2D eigenvalue weighted by Crippen LogP contribution is -2.18. The predicted molar refractivity (Wildman–Crippen MR) is 39.3 cm³/mol. The van der Waals surface area contributed by atoms with Crippen molar-refractivity contribution in [2.24, 2.45) is 0 Å². The summed E-state index contributed by atoms with van der Waals surface area (Å²) in [5.41, 5.74) is 0. The minimum absolute atomic E-state index is 0.442. The molecule has 0 aromatic heterocycles. The highest BCUT2D eigenvalue weighted by atomic mass is 16.7. The molecule has 0 amide bonds. The van der Waals surface area contributed by atoms with Crippen LogP contribution in [-0.4, -0.2) is 34.4 Å². The molecule has 1 aliphatic heterocycles. The summed E-state index contributed by atoms with van der Waals surface area (Å²) in [7, 11) is 0. The van der Waals surface area contributed by atoms with Gasteiger partial charge in [0.1, 0.15) is 6.10 Å². The van der Waals surface area contributed by atoms with Gasteiger partial charge in [0.25, 0.3) is 0 Å². The van der Waals surface area contributed by atoms with Gasteiger partial charge in [-0.3, -0.25) is 4.79 Å². The maximum atomic E-state index is 10.7. The number of aliphatic hydroxyl groups is 1. The monoisotopic (exact) mass is 202 g/mol. The minimum atomic E-state index is -1.73. The molecule has 14 heavy (non-hydrogen) atoms. The van der Waals surface area contributed by atoms with Gasteiger partial charge in [-0.15, -0.1) is 0 Å². The van der Waals surface area contributed by atoms with Crippen LogP contribution in [0.15, 0.2) is 11.8 Å². The quantitative estimate of drug-likeness (QED) is 0.477. The highest BCUT2D eigenvalue weighted by Crippen LogP contribution is 2.14. The number of aliphatic hydroxyl groups excluding tert-OH is 1. The molecule has 76 valence electrons. The minimum Gasteiger partial charge on any atom is -0.502 e. The molecule has 0 aromatic rings. The zero-order chi connectivity index (χ0) is 10.7. The molecule has 0 aromatic carbocycles. The Kier molecular flexibility index (Phi) is 2.70. The van der Waals surface area contributed by atoms with Crippen molar-refractivity contribution in [2.45, 2.75) is 12.5 Å². The number of carbonyl (C=O) groups is 3. The molecule has 1 unspecified atom stereocenters. The van der Waals surface area contributed by atoms with Gasteiger partial charge in [-0.1, -0.05) is 0 Å². The second-order valence-corrected chi connectivity index (χ2v) is 2.44. The highest BCUT2D eigenvalue weighted by Gasteiger charge is 2.28. The first-order valence-electron chi connectivity index (χ1n) is 3.54. The second kappa shape index (κ2) is 3.77. The van der Waals surface area contributed by atoms with Crippen LogP contribution in [0.3, 0.4) is 0 Å². The van der Waals surface area contributed by atoms with Crippen LogP contribution in [-0.2, 0) is 19.1 Å². The Hall–Kier alpha value is -2.05. The van der Waals surface area contributed by atoms with E-state index in [-0.39, 0.29) is 0 Å². The van der Waals surface area contributed by atoms with E-state index < -0.39 is 36.4 Å². The van der Waals surface area contributed by atoms with E-state index >= 15 is 0 Å². The van der Waals surface area contributed by atoms with Crippen molar-refractivity contribution >= 4 is 18.1 Å². The van der Waals surface area contributed by atoms with Crippen LogP contribution in [0.2, 0.25) is 0 Å². The number of rotatable bonds is 2. The van der Waals surface area contributed by atoms with Crippen LogP contribution in [0.25, 0.3) is 0 Å². The summed E-state index contributed by atoms with van der Waals surface area (Å²) in [6.07, 6.45) is -2.13. The van der Waals surface area contributed by atoms with Crippen molar-refractivity contribution in [3.05, 3.63) is 11.8 Å². The van der Waals surface area contributed by atoms with E-state index in [9.17, 15) is 14.4 Å². The van der Waals surface area contributed by atoms with Gasteiger partial charge in [0.15, 0.2) is 0 Å². The van der Waals surface area contributed by atoms with Gasteiger partial charge in [0.2, 0.25) is 5.76 Å². The second-order valence-electron chi connectivity index (χ2n) is 2.44. The van der Waals surface area contributed by atoms with Crippen LogP contribution in [0.1, 0.15) is 6.42 Å². The fraction of sp³-hybridized carbons (Fsp3) is 0.286. The van der Waals surface area contributed by atoms with Crippen molar-refractivity contribution in [3.8, 4) is 0 Å². The number of carboxylic acid groups (broad SMARTS) is 1. The third kappa shape index (κ3) is 2.47. The summed E-state index contributed by atoms with van der Waals surface area (Å²) >= 11 is 0. The Bertz CT molecular complexity index is 316. The Morgan fingerprint density at radius 1 is 1.57 bits per heavy atom. The van der Waals surface area contributed by atoms with E-state index in [0.717, 1.165) is 6.08 Å². The van der Waals surface area contributed by atoms with Crippen molar-refractivity contribution in [2.75, 3.05) is 0 Å². The maximum absolute atomic E-state index is 10.7. The number of hydrogen-bond acceptors (Lipinski definition) is 6. The van der Waals surface area contributed by atoms with Gasteiger partial charge in [-0.2, -0.15) is 0 Å². The van der Waals surface area contributed by atoms with E-state index in [1.54, 1.807) is 0 Å². The van der Waals surface area contributed by atoms with E-state index in [0.29, 0.717) is 0 Å². The molecule has 0 spiro atoms. The Morgan fingerprint density at radius 2 is 2.21 bits per heavy atom. The predicted octanol–water partition coefficient (Wildman–Crippen LogP) is -0.0350. The molecule has 0 radical (unpaired) electrons. The summed E-state index contributed by atoms with van der Waals surface area (Å²) in [6.45, 7) is 0. The zero-order valence-electron chi connectivity index (χ0n) is 6.80. The summed E-state index contributed by atoms with van der Waals surface area (Å²) in [5.74, 6) is -2.60. The first kappa shape index (κ1) is 10.0. The first-order chi connectivity index (χ1) is 6.49. The highest BCUT2D eigenvalue weighted by molar-refractivity contribution is 5.89. The van der Waals surface area contributed by atoms with E-state index in [4.69, 9.17) is 10.2 Å². The number of esters is 2. The molecule has 7 heteroatoms. The molecule has 1 atom stereocenters. The topological polar surface area (TPSA) is 110 Å². The number of cyclic esters (lactones) is 1. The van der Waals surface area contributed by atoms with Gasteiger partial charge < -0.3 is 19.7 Å². The van der Waals surface area contributed by atoms with E-state index in [2.05, 4.69) is 9.47 Å². The zero-order valence-corrected chi connectivity index (χ0v) is 6.80. The van der Waals surface area contributed by atoms with Crippen LogP contribution in [0, 0.1) is 0 Å². The number of ether oxygens (including phenoxy) is 2.